The number of benzene rings is 2. The van der Waals surface area contributed by atoms with Crippen molar-refractivity contribution >= 4 is 17.3 Å². The minimum Gasteiger partial charge on any atom is -0.366 e. The van der Waals surface area contributed by atoms with Crippen molar-refractivity contribution in [3.63, 3.8) is 0 Å². The third-order valence-corrected chi connectivity index (χ3v) is 5.00. The van der Waals surface area contributed by atoms with Crippen LogP contribution in [0.25, 0.3) is 0 Å². The van der Waals surface area contributed by atoms with Crippen molar-refractivity contribution in [2.24, 2.45) is 0 Å². The maximum absolute atomic E-state index is 12.9. The van der Waals surface area contributed by atoms with Crippen molar-refractivity contribution in [3.05, 3.63) is 69.8 Å². The monoisotopic (exact) mass is 367 g/mol. The normalized spacial score (nSPS) is 14.0. The lowest BCUT2D eigenvalue weighted by Crippen LogP contribution is -2.31. The predicted octanol–water partition coefficient (Wildman–Crippen LogP) is 4.25. The number of nitro benzene ring substituents is 1. The molecule has 1 fully saturated rings. The molecule has 2 aromatic rings. The minimum absolute atomic E-state index is 0.0125. The van der Waals surface area contributed by atoms with E-state index in [1.807, 2.05) is 37.3 Å². The van der Waals surface area contributed by atoms with Crippen molar-refractivity contribution in [3.8, 4) is 0 Å². The molecule has 1 amide bonds. The second-order valence-electron chi connectivity index (χ2n) is 6.81. The van der Waals surface area contributed by atoms with Gasteiger partial charge in [-0.05, 0) is 43.9 Å². The predicted molar refractivity (Wildman–Crippen MR) is 106 cm³/mol. The van der Waals surface area contributed by atoms with Gasteiger partial charge in [0.2, 0.25) is 0 Å². The summed E-state index contributed by atoms with van der Waals surface area (Å²) in [5.74, 6) is -0.186. The molecule has 6 nitrogen and oxygen atoms in total. The maximum atomic E-state index is 12.9. The maximum Gasteiger partial charge on any atom is 0.293 e. The van der Waals surface area contributed by atoms with E-state index >= 15 is 0 Å². The molecule has 0 atom stereocenters. The molecule has 142 valence electrons. The van der Waals surface area contributed by atoms with Crippen molar-refractivity contribution in [2.75, 3.05) is 24.5 Å². The van der Waals surface area contributed by atoms with Crippen LogP contribution in [0.2, 0.25) is 0 Å². The van der Waals surface area contributed by atoms with E-state index < -0.39 is 0 Å². The fraction of sp³-hybridized carbons (Fsp3) is 0.381. The van der Waals surface area contributed by atoms with Crippen LogP contribution in [0.4, 0.5) is 11.4 Å². The molecule has 0 spiro atoms. The Morgan fingerprint density at radius 1 is 1.11 bits per heavy atom. The number of piperidine rings is 1. The highest BCUT2D eigenvalue weighted by Crippen LogP contribution is 2.31. The van der Waals surface area contributed by atoms with E-state index in [4.69, 9.17) is 0 Å². The standard InChI is InChI=1S/C21H25N3O3/c1-2-22(16-17-9-5-3-6-10-17)21(25)18-11-12-19(20(15-18)24(26)27)23-13-7-4-8-14-23/h3,5-6,9-12,15H,2,4,7-8,13-14,16H2,1H3. The summed E-state index contributed by atoms with van der Waals surface area (Å²) in [6.45, 7) is 4.58. The number of carbonyl (C=O) groups is 1. The van der Waals surface area contributed by atoms with Crippen LogP contribution in [0, 0.1) is 10.1 Å². The summed E-state index contributed by atoms with van der Waals surface area (Å²) in [6, 6.07) is 14.6. The molecule has 0 aliphatic carbocycles. The van der Waals surface area contributed by atoms with Crippen LogP contribution in [0.5, 0.6) is 0 Å². The van der Waals surface area contributed by atoms with Crippen LogP contribution in [0.15, 0.2) is 48.5 Å². The highest BCUT2D eigenvalue weighted by Gasteiger charge is 2.24. The smallest absolute Gasteiger partial charge is 0.293 e. The Labute approximate surface area is 159 Å². The largest absolute Gasteiger partial charge is 0.366 e. The summed E-state index contributed by atoms with van der Waals surface area (Å²) in [5, 5.41) is 11.6. The highest BCUT2D eigenvalue weighted by molar-refractivity contribution is 5.95. The fourth-order valence-electron chi connectivity index (χ4n) is 3.52. The number of hydrogen-bond acceptors (Lipinski definition) is 4. The molecule has 27 heavy (non-hydrogen) atoms. The molecule has 0 unspecified atom stereocenters. The highest BCUT2D eigenvalue weighted by atomic mass is 16.6. The molecule has 6 heteroatoms. The van der Waals surface area contributed by atoms with Gasteiger partial charge in [-0.15, -0.1) is 0 Å². The van der Waals surface area contributed by atoms with Gasteiger partial charge in [0.15, 0.2) is 0 Å². The van der Waals surface area contributed by atoms with Gasteiger partial charge in [-0.2, -0.15) is 0 Å². The van der Waals surface area contributed by atoms with Crippen LogP contribution in [-0.2, 0) is 6.54 Å². The number of rotatable bonds is 6. The summed E-state index contributed by atoms with van der Waals surface area (Å²) in [5.41, 5.74) is 2.02. The minimum atomic E-state index is -0.381. The first-order valence-corrected chi connectivity index (χ1v) is 9.46. The van der Waals surface area contributed by atoms with Gasteiger partial charge in [0, 0.05) is 37.8 Å². The number of amides is 1. The Morgan fingerprint density at radius 2 is 1.81 bits per heavy atom. The lowest BCUT2D eigenvalue weighted by atomic mass is 10.1. The third-order valence-electron chi connectivity index (χ3n) is 5.00. The Hall–Kier alpha value is -2.89. The molecule has 0 bridgehead atoms. The molecule has 3 rings (SSSR count). The first kappa shape index (κ1) is 18.9. The van der Waals surface area contributed by atoms with Gasteiger partial charge in [-0.1, -0.05) is 30.3 Å². The van der Waals surface area contributed by atoms with Gasteiger partial charge in [0.25, 0.3) is 11.6 Å². The topological polar surface area (TPSA) is 66.7 Å². The molecule has 1 heterocycles. The van der Waals surface area contributed by atoms with Crippen LogP contribution in [0.1, 0.15) is 42.1 Å². The number of anilines is 1. The summed E-state index contributed by atoms with van der Waals surface area (Å²) in [6.07, 6.45) is 3.24. The lowest BCUT2D eigenvalue weighted by Gasteiger charge is -2.28. The number of hydrogen-bond donors (Lipinski definition) is 0. The first-order valence-electron chi connectivity index (χ1n) is 9.46. The average Bonchev–Trinajstić information content (AvgIpc) is 2.72. The summed E-state index contributed by atoms with van der Waals surface area (Å²) >= 11 is 0. The molecular formula is C21H25N3O3. The Morgan fingerprint density at radius 3 is 2.44 bits per heavy atom. The van der Waals surface area contributed by atoms with Gasteiger partial charge < -0.3 is 9.80 Å². The lowest BCUT2D eigenvalue weighted by molar-refractivity contribution is -0.384. The number of nitro groups is 1. The second kappa shape index (κ2) is 8.66. The Bertz CT molecular complexity index is 802. The molecule has 0 N–H and O–H groups in total. The van der Waals surface area contributed by atoms with Crippen LogP contribution in [-0.4, -0.2) is 35.4 Å². The zero-order valence-corrected chi connectivity index (χ0v) is 15.6. The molecule has 0 aromatic heterocycles. The van der Waals surface area contributed by atoms with Crippen molar-refractivity contribution in [1.29, 1.82) is 0 Å². The zero-order chi connectivity index (χ0) is 19.2. The van der Waals surface area contributed by atoms with Crippen LogP contribution < -0.4 is 4.90 Å². The first-order chi connectivity index (χ1) is 13.1. The van der Waals surface area contributed by atoms with E-state index in [1.165, 1.54) is 6.07 Å². The van der Waals surface area contributed by atoms with Gasteiger partial charge in [0.05, 0.1) is 4.92 Å². The van der Waals surface area contributed by atoms with Crippen molar-refractivity contribution in [2.45, 2.75) is 32.7 Å². The van der Waals surface area contributed by atoms with Crippen LogP contribution >= 0.6 is 0 Å². The van der Waals surface area contributed by atoms with Gasteiger partial charge in [0.1, 0.15) is 5.69 Å². The summed E-state index contributed by atoms with van der Waals surface area (Å²) < 4.78 is 0. The van der Waals surface area contributed by atoms with E-state index in [-0.39, 0.29) is 16.5 Å². The second-order valence-corrected chi connectivity index (χ2v) is 6.81. The van der Waals surface area contributed by atoms with Crippen LogP contribution in [0.3, 0.4) is 0 Å². The average molecular weight is 367 g/mol. The Balaban J connectivity index is 1.85. The van der Waals surface area contributed by atoms with Crippen molar-refractivity contribution in [1.82, 2.24) is 4.90 Å². The molecule has 1 aliphatic rings. The Kier molecular flexibility index (Phi) is 6.06. The van der Waals surface area contributed by atoms with Gasteiger partial charge in [-0.25, -0.2) is 0 Å². The third kappa shape index (κ3) is 4.45. The van der Waals surface area contributed by atoms with E-state index in [1.54, 1.807) is 17.0 Å². The van der Waals surface area contributed by atoms with Gasteiger partial charge >= 0.3 is 0 Å². The molecule has 2 aromatic carbocycles. The SMILES string of the molecule is CCN(Cc1ccccc1)C(=O)c1ccc(N2CCCCC2)c([N+](=O)[O-])c1. The molecular weight excluding hydrogens is 342 g/mol. The van der Waals surface area contributed by atoms with E-state index in [0.29, 0.717) is 24.3 Å². The molecule has 1 aliphatic heterocycles. The molecule has 0 radical (unpaired) electrons. The fourth-order valence-corrected chi connectivity index (χ4v) is 3.52. The summed E-state index contributed by atoms with van der Waals surface area (Å²) in [4.78, 5) is 27.9. The van der Waals surface area contributed by atoms with E-state index in [2.05, 4.69) is 4.90 Å². The number of carbonyl (C=O) groups excluding carboxylic acids is 1. The molecule has 1 saturated heterocycles. The van der Waals surface area contributed by atoms with E-state index in [9.17, 15) is 14.9 Å². The van der Waals surface area contributed by atoms with Crippen molar-refractivity contribution < 1.29 is 9.72 Å². The van der Waals surface area contributed by atoms with Gasteiger partial charge in [-0.3, -0.25) is 14.9 Å². The number of nitrogens with zero attached hydrogens (tertiary/aromatic N) is 3. The summed E-state index contributed by atoms with van der Waals surface area (Å²) in [7, 11) is 0. The molecule has 0 saturated carbocycles. The van der Waals surface area contributed by atoms with E-state index in [0.717, 1.165) is 37.9 Å². The zero-order valence-electron chi connectivity index (χ0n) is 15.6. The quantitative estimate of drug-likeness (QED) is 0.565.